The first-order chi connectivity index (χ1) is 8.16. The van der Waals surface area contributed by atoms with Crippen molar-refractivity contribution >= 4 is 11.9 Å². The van der Waals surface area contributed by atoms with Crippen LogP contribution in [0, 0.1) is 0 Å². The summed E-state index contributed by atoms with van der Waals surface area (Å²) in [6, 6.07) is 2.88. The Balaban J connectivity index is 1.84. The fourth-order valence-electron chi connectivity index (χ4n) is 1.66. The first-order valence-corrected chi connectivity index (χ1v) is 5.38. The summed E-state index contributed by atoms with van der Waals surface area (Å²) < 4.78 is 10.2. The predicted octanol–water partition coefficient (Wildman–Crippen LogP) is 0.773. The van der Waals surface area contributed by atoms with E-state index in [0.29, 0.717) is 12.4 Å². The summed E-state index contributed by atoms with van der Waals surface area (Å²) in [5.74, 6) is -1.03. The Hall–Kier alpha value is -1.82. The molecule has 1 fully saturated rings. The van der Waals surface area contributed by atoms with Gasteiger partial charge in [-0.2, -0.15) is 0 Å². The Morgan fingerprint density at radius 3 is 2.88 bits per heavy atom. The van der Waals surface area contributed by atoms with E-state index >= 15 is 0 Å². The van der Waals surface area contributed by atoms with E-state index in [1.165, 1.54) is 12.1 Å². The third kappa shape index (κ3) is 2.85. The molecule has 1 aliphatic rings. The second kappa shape index (κ2) is 5.01. The van der Waals surface area contributed by atoms with Gasteiger partial charge in [0.15, 0.2) is 0 Å². The second-order valence-corrected chi connectivity index (χ2v) is 3.79. The minimum Gasteiger partial charge on any atom is -0.475 e. The van der Waals surface area contributed by atoms with Crippen LogP contribution in [0.3, 0.4) is 0 Å². The van der Waals surface area contributed by atoms with Gasteiger partial charge in [0.1, 0.15) is 11.9 Å². The lowest BCUT2D eigenvalue weighted by atomic mass is 10.2. The standard InChI is InChI=1S/C11H13NO5/c13-10(8-2-1-5-16-8)12-6-7-3-4-9(17-7)11(14)15/h3-4,8H,1-2,5-6H2,(H,12,13)(H,14,15). The Labute approximate surface area is 97.6 Å². The number of aromatic carboxylic acids is 1. The van der Waals surface area contributed by atoms with Crippen molar-refractivity contribution in [1.29, 1.82) is 0 Å². The van der Waals surface area contributed by atoms with Crippen LogP contribution in [0.4, 0.5) is 0 Å². The van der Waals surface area contributed by atoms with Crippen LogP contribution in [0.2, 0.25) is 0 Å². The van der Waals surface area contributed by atoms with Crippen LogP contribution in [-0.4, -0.2) is 29.7 Å². The fourth-order valence-corrected chi connectivity index (χ4v) is 1.66. The van der Waals surface area contributed by atoms with Crippen LogP contribution in [-0.2, 0) is 16.1 Å². The van der Waals surface area contributed by atoms with Crippen LogP contribution in [0.1, 0.15) is 29.2 Å². The van der Waals surface area contributed by atoms with Crippen molar-refractivity contribution in [3.8, 4) is 0 Å². The second-order valence-electron chi connectivity index (χ2n) is 3.79. The number of carbonyl (C=O) groups excluding carboxylic acids is 1. The summed E-state index contributed by atoms with van der Waals surface area (Å²) in [6.45, 7) is 0.786. The molecule has 0 saturated carbocycles. The zero-order chi connectivity index (χ0) is 12.3. The quantitative estimate of drug-likeness (QED) is 0.810. The molecule has 1 unspecified atom stereocenters. The van der Waals surface area contributed by atoms with E-state index in [4.69, 9.17) is 14.3 Å². The minimum absolute atomic E-state index is 0.133. The number of hydrogen-bond donors (Lipinski definition) is 2. The predicted molar refractivity (Wildman–Crippen MR) is 56.5 cm³/mol. The summed E-state index contributed by atoms with van der Waals surface area (Å²) in [6.07, 6.45) is 1.23. The van der Waals surface area contributed by atoms with E-state index in [2.05, 4.69) is 5.32 Å². The van der Waals surface area contributed by atoms with Gasteiger partial charge in [-0.3, -0.25) is 4.79 Å². The Bertz CT molecular complexity index is 419. The monoisotopic (exact) mass is 239 g/mol. The number of hydrogen-bond acceptors (Lipinski definition) is 4. The summed E-state index contributed by atoms with van der Waals surface area (Å²) in [4.78, 5) is 22.1. The molecule has 0 radical (unpaired) electrons. The summed E-state index contributed by atoms with van der Waals surface area (Å²) >= 11 is 0. The maximum absolute atomic E-state index is 11.6. The normalized spacial score (nSPS) is 19.2. The maximum Gasteiger partial charge on any atom is 0.371 e. The molecule has 6 nitrogen and oxygen atoms in total. The van der Waals surface area contributed by atoms with Gasteiger partial charge in [-0.25, -0.2) is 4.79 Å². The van der Waals surface area contributed by atoms with Crippen LogP contribution in [0.15, 0.2) is 16.5 Å². The molecule has 0 spiro atoms. The minimum atomic E-state index is -1.12. The molecule has 17 heavy (non-hydrogen) atoms. The highest BCUT2D eigenvalue weighted by molar-refractivity contribution is 5.84. The van der Waals surface area contributed by atoms with Gasteiger partial charge in [0, 0.05) is 6.61 Å². The van der Waals surface area contributed by atoms with Crippen molar-refractivity contribution in [2.75, 3.05) is 6.61 Å². The molecule has 2 N–H and O–H groups in total. The smallest absolute Gasteiger partial charge is 0.371 e. The van der Waals surface area contributed by atoms with Crippen molar-refractivity contribution in [3.63, 3.8) is 0 Å². The van der Waals surface area contributed by atoms with Gasteiger partial charge in [-0.15, -0.1) is 0 Å². The largest absolute Gasteiger partial charge is 0.475 e. The lowest BCUT2D eigenvalue weighted by Gasteiger charge is -2.08. The molecule has 0 bridgehead atoms. The molecule has 0 aromatic carbocycles. The molecule has 1 aliphatic heterocycles. The van der Waals surface area contributed by atoms with Crippen LogP contribution in [0.5, 0.6) is 0 Å². The number of carboxylic acid groups (broad SMARTS) is 1. The molecule has 1 aromatic heterocycles. The van der Waals surface area contributed by atoms with Gasteiger partial charge in [0.2, 0.25) is 11.7 Å². The van der Waals surface area contributed by atoms with Gasteiger partial charge >= 0.3 is 5.97 Å². The van der Waals surface area contributed by atoms with Gasteiger partial charge in [0.25, 0.3) is 0 Å². The summed E-state index contributed by atoms with van der Waals surface area (Å²) in [7, 11) is 0. The topological polar surface area (TPSA) is 88.8 Å². The first kappa shape index (κ1) is 11.7. The van der Waals surface area contributed by atoms with Crippen molar-refractivity contribution in [1.82, 2.24) is 5.32 Å². The van der Waals surface area contributed by atoms with E-state index in [9.17, 15) is 9.59 Å². The molecule has 92 valence electrons. The average Bonchev–Trinajstić information content (AvgIpc) is 2.97. The molecular formula is C11H13NO5. The van der Waals surface area contributed by atoms with E-state index < -0.39 is 5.97 Å². The molecule has 0 aliphatic carbocycles. The van der Waals surface area contributed by atoms with Crippen molar-refractivity contribution < 1.29 is 23.8 Å². The Kier molecular flexibility index (Phi) is 3.43. The van der Waals surface area contributed by atoms with Crippen molar-refractivity contribution in [2.24, 2.45) is 0 Å². The summed E-state index contributed by atoms with van der Waals surface area (Å²) in [5, 5.41) is 11.3. The molecule has 6 heteroatoms. The molecular weight excluding hydrogens is 226 g/mol. The first-order valence-electron chi connectivity index (χ1n) is 5.38. The zero-order valence-corrected chi connectivity index (χ0v) is 9.14. The molecule has 1 amide bonds. The van der Waals surface area contributed by atoms with Gasteiger partial charge in [-0.1, -0.05) is 0 Å². The summed E-state index contributed by atoms with van der Waals surface area (Å²) in [5.41, 5.74) is 0. The Morgan fingerprint density at radius 2 is 2.29 bits per heavy atom. The SMILES string of the molecule is O=C(O)c1ccc(CNC(=O)C2CCCO2)o1. The fraction of sp³-hybridized carbons (Fsp3) is 0.455. The lowest BCUT2D eigenvalue weighted by molar-refractivity contribution is -0.130. The highest BCUT2D eigenvalue weighted by atomic mass is 16.5. The van der Waals surface area contributed by atoms with Gasteiger partial charge < -0.3 is 19.6 Å². The maximum atomic E-state index is 11.6. The molecule has 1 atom stereocenters. The van der Waals surface area contributed by atoms with Gasteiger partial charge in [0.05, 0.1) is 6.54 Å². The zero-order valence-electron chi connectivity index (χ0n) is 9.14. The highest BCUT2D eigenvalue weighted by Crippen LogP contribution is 2.12. The number of rotatable bonds is 4. The number of furan rings is 1. The Morgan fingerprint density at radius 1 is 1.47 bits per heavy atom. The number of ether oxygens (including phenoxy) is 1. The number of amides is 1. The third-order valence-electron chi connectivity index (χ3n) is 2.53. The molecule has 2 heterocycles. The van der Waals surface area contributed by atoms with Gasteiger partial charge in [-0.05, 0) is 25.0 Å². The average molecular weight is 239 g/mol. The number of carbonyl (C=O) groups is 2. The van der Waals surface area contributed by atoms with E-state index in [0.717, 1.165) is 12.8 Å². The van der Waals surface area contributed by atoms with E-state index in [1.54, 1.807) is 0 Å². The van der Waals surface area contributed by atoms with Crippen LogP contribution >= 0.6 is 0 Å². The van der Waals surface area contributed by atoms with E-state index in [-0.39, 0.29) is 24.3 Å². The molecule has 1 aromatic rings. The molecule has 2 rings (SSSR count). The lowest BCUT2D eigenvalue weighted by Crippen LogP contribution is -2.33. The van der Waals surface area contributed by atoms with Crippen molar-refractivity contribution in [3.05, 3.63) is 23.7 Å². The van der Waals surface area contributed by atoms with E-state index in [1.807, 2.05) is 0 Å². The van der Waals surface area contributed by atoms with Crippen LogP contribution < -0.4 is 5.32 Å². The molecule has 1 saturated heterocycles. The highest BCUT2D eigenvalue weighted by Gasteiger charge is 2.23. The van der Waals surface area contributed by atoms with Crippen molar-refractivity contribution in [2.45, 2.75) is 25.5 Å². The number of nitrogens with one attached hydrogen (secondary N) is 1. The number of carboxylic acids is 1. The third-order valence-corrected chi connectivity index (χ3v) is 2.53. The van der Waals surface area contributed by atoms with Crippen LogP contribution in [0.25, 0.3) is 0 Å².